The number of esters is 1. The Balaban J connectivity index is 1.51. The van der Waals surface area contributed by atoms with Gasteiger partial charge in [0.05, 0.1) is 29.5 Å². The minimum Gasteiger partial charge on any atom is -0.466 e. The fourth-order valence-electron chi connectivity index (χ4n) is 3.83. The standard InChI is InChI=1S/C23H25N3O4S2/c1-3-30-22(29)16-7-10-25(11-8-16)19(27)14-32-23-24-18-9-12-31-20(18)21(28)26(23)17-6-4-5-15(2)13-17/h4-6,9,12-13,16H,3,7-8,10-11,14H2,1-2H3. The topological polar surface area (TPSA) is 81.5 Å². The predicted molar refractivity (Wildman–Crippen MR) is 127 cm³/mol. The van der Waals surface area contributed by atoms with Crippen LogP contribution in [0.3, 0.4) is 0 Å². The number of benzene rings is 1. The van der Waals surface area contributed by atoms with Crippen molar-refractivity contribution in [1.82, 2.24) is 14.5 Å². The van der Waals surface area contributed by atoms with Crippen molar-refractivity contribution in [3.05, 3.63) is 51.6 Å². The van der Waals surface area contributed by atoms with E-state index in [2.05, 4.69) is 4.98 Å². The molecule has 1 aromatic carbocycles. The van der Waals surface area contributed by atoms with E-state index in [1.807, 2.05) is 42.6 Å². The summed E-state index contributed by atoms with van der Waals surface area (Å²) in [5.41, 5.74) is 2.30. The highest BCUT2D eigenvalue weighted by atomic mass is 32.2. The molecule has 3 aromatic rings. The largest absolute Gasteiger partial charge is 0.466 e. The number of nitrogens with zero attached hydrogens (tertiary/aromatic N) is 3. The molecule has 32 heavy (non-hydrogen) atoms. The zero-order valence-electron chi connectivity index (χ0n) is 18.1. The SMILES string of the molecule is CCOC(=O)C1CCN(C(=O)CSc2nc3ccsc3c(=O)n2-c2cccc(C)c2)CC1. The van der Waals surface area contributed by atoms with E-state index in [0.29, 0.717) is 47.9 Å². The normalized spacial score (nSPS) is 14.6. The quantitative estimate of drug-likeness (QED) is 0.310. The van der Waals surface area contributed by atoms with Crippen molar-refractivity contribution in [1.29, 1.82) is 0 Å². The third-order valence-corrected chi connectivity index (χ3v) is 7.32. The second-order valence-corrected chi connectivity index (χ2v) is 9.56. The van der Waals surface area contributed by atoms with Gasteiger partial charge in [0.1, 0.15) is 4.70 Å². The molecule has 0 spiro atoms. The molecule has 0 bridgehead atoms. The van der Waals surface area contributed by atoms with Gasteiger partial charge < -0.3 is 9.64 Å². The van der Waals surface area contributed by atoms with Crippen LogP contribution in [-0.4, -0.2) is 51.8 Å². The average Bonchev–Trinajstić information content (AvgIpc) is 3.27. The number of amides is 1. The minimum absolute atomic E-state index is 0.0206. The molecule has 0 atom stereocenters. The van der Waals surface area contributed by atoms with Crippen molar-refractivity contribution in [2.45, 2.75) is 31.8 Å². The van der Waals surface area contributed by atoms with Crippen molar-refractivity contribution in [3.63, 3.8) is 0 Å². The number of piperidine rings is 1. The smallest absolute Gasteiger partial charge is 0.309 e. The van der Waals surface area contributed by atoms with Crippen molar-refractivity contribution in [2.75, 3.05) is 25.4 Å². The number of fused-ring (bicyclic) bond motifs is 1. The maximum Gasteiger partial charge on any atom is 0.309 e. The van der Waals surface area contributed by atoms with Crippen molar-refractivity contribution in [3.8, 4) is 5.69 Å². The molecule has 1 aliphatic rings. The molecule has 0 unspecified atom stereocenters. The number of carbonyl (C=O) groups excluding carboxylic acids is 2. The number of hydrogen-bond acceptors (Lipinski definition) is 7. The average molecular weight is 472 g/mol. The second-order valence-electron chi connectivity index (χ2n) is 7.70. The lowest BCUT2D eigenvalue weighted by Gasteiger charge is -2.30. The van der Waals surface area contributed by atoms with E-state index >= 15 is 0 Å². The molecule has 3 heterocycles. The third-order valence-electron chi connectivity index (χ3n) is 5.50. The molecule has 0 saturated carbocycles. The lowest BCUT2D eigenvalue weighted by Crippen LogP contribution is -2.41. The second kappa shape index (κ2) is 9.87. The summed E-state index contributed by atoms with van der Waals surface area (Å²) in [6.07, 6.45) is 1.23. The van der Waals surface area contributed by atoms with Crippen LogP contribution in [0, 0.1) is 12.8 Å². The predicted octanol–water partition coefficient (Wildman–Crippen LogP) is 3.65. The number of likely N-dealkylation sites (tertiary alicyclic amines) is 1. The van der Waals surface area contributed by atoms with E-state index in [-0.39, 0.29) is 29.1 Å². The van der Waals surface area contributed by atoms with E-state index in [1.54, 1.807) is 16.4 Å². The minimum atomic E-state index is -0.176. The highest BCUT2D eigenvalue weighted by Crippen LogP contribution is 2.25. The Kier molecular flexibility index (Phi) is 6.95. The summed E-state index contributed by atoms with van der Waals surface area (Å²) in [5, 5.41) is 2.36. The number of carbonyl (C=O) groups is 2. The molecule has 1 saturated heterocycles. The number of ether oxygens (including phenoxy) is 1. The van der Waals surface area contributed by atoms with Crippen LogP contribution in [0.4, 0.5) is 0 Å². The number of thiophene rings is 1. The van der Waals surface area contributed by atoms with Gasteiger partial charge in [-0.15, -0.1) is 11.3 Å². The first-order chi connectivity index (χ1) is 15.5. The molecule has 0 aliphatic carbocycles. The molecular weight excluding hydrogens is 446 g/mol. The van der Waals surface area contributed by atoms with Crippen LogP contribution < -0.4 is 5.56 Å². The maximum absolute atomic E-state index is 13.2. The molecule has 0 N–H and O–H groups in total. The van der Waals surface area contributed by atoms with Gasteiger partial charge in [-0.2, -0.15) is 0 Å². The van der Waals surface area contributed by atoms with Gasteiger partial charge >= 0.3 is 5.97 Å². The Morgan fingerprint density at radius 1 is 1.25 bits per heavy atom. The number of aromatic nitrogens is 2. The van der Waals surface area contributed by atoms with Gasteiger partial charge in [0.15, 0.2) is 5.16 Å². The highest BCUT2D eigenvalue weighted by molar-refractivity contribution is 7.99. The van der Waals surface area contributed by atoms with E-state index in [9.17, 15) is 14.4 Å². The number of rotatable bonds is 6. The van der Waals surface area contributed by atoms with Gasteiger partial charge in [0.2, 0.25) is 5.91 Å². The van der Waals surface area contributed by atoms with E-state index in [0.717, 1.165) is 11.3 Å². The first-order valence-electron chi connectivity index (χ1n) is 10.6. The van der Waals surface area contributed by atoms with Gasteiger partial charge in [0, 0.05) is 13.1 Å². The summed E-state index contributed by atoms with van der Waals surface area (Å²) < 4.78 is 7.29. The first kappa shape index (κ1) is 22.5. The number of aryl methyl sites for hydroxylation is 1. The van der Waals surface area contributed by atoms with Crippen LogP contribution in [0.1, 0.15) is 25.3 Å². The van der Waals surface area contributed by atoms with Gasteiger partial charge in [-0.25, -0.2) is 4.98 Å². The molecule has 2 aromatic heterocycles. The molecule has 1 aliphatic heterocycles. The number of thioether (sulfide) groups is 1. The Hall–Kier alpha value is -2.65. The van der Waals surface area contributed by atoms with Gasteiger partial charge in [-0.3, -0.25) is 19.0 Å². The Labute approximate surface area is 194 Å². The van der Waals surface area contributed by atoms with Gasteiger partial charge in [0.25, 0.3) is 5.56 Å². The Morgan fingerprint density at radius 2 is 2.03 bits per heavy atom. The first-order valence-corrected chi connectivity index (χ1v) is 12.5. The summed E-state index contributed by atoms with van der Waals surface area (Å²) in [7, 11) is 0. The highest BCUT2D eigenvalue weighted by Gasteiger charge is 2.28. The molecule has 7 nitrogen and oxygen atoms in total. The fraction of sp³-hybridized carbons (Fsp3) is 0.391. The summed E-state index contributed by atoms with van der Waals surface area (Å²) in [4.78, 5) is 44.4. The zero-order chi connectivity index (χ0) is 22.7. The Bertz CT molecular complexity index is 1200. The zero-order valence-corrected chi connectivity index (χ0v) is 19.7. The fourth-order valence-corrected chi connectivity index (χ4v) is 5.50. The van der Waals surface area contributed by atoms with E-state index in [4.69, 9.17) is 4.74 Å². The molecule has 0 radical (unpaired) electrons. The summed E-state index contributed by atoms with van der Waals surface area (Å²) in [6.45, 7) is 5.21. The lowest BCUT2D eigenvalue weighted by atomic mass is 9.97. The maximum atomic E-state index is 13.2. The van der Waals surface area contributed by atoms with Crippen LogP contribution in [0.2, 0.25) is 0 Å². The van der Waals surface area contributed by atoms with Crippen LogP contribution in [0.5, 0.6) is 0 Å². The monoisotopic (exact) mass is 471 g/mol. The van der Waals surface area contributed by atoms with E-state index in [1.165, 1.54) is 23.1 Å². The molecular formula is C23H25N3O4S2. The molecule has 9 heteroatoms. The third kappa shape index (κ3) is 4.73. The molecule has 1 fully saturated rings. The van der Waals surface area contributed by atoms with Crippen LogP contribution in [-0.2, 0) is 14.3 Å². The van der Waals surface area contributed by atoms with Crippen molar-refractivity contribution < 1.29 is 14.3 Å². The van der Waals surface area contributed by atoms with Crippen molar-refractivity contribution in [2.24, 2.45) is 5.92 Å². The molecule has 4 rings (SSSR count). The van der Waals surface area contributed by atoms with Gasteiger partial charge in [-0.05, 0) is 55.8 Å². The van der Waals surface area contributed by atoms with Crippen LogP contribution in [0.25, 0.3) is 15.9 Å². The van der Waals surface area contributed by atoms with Crippen molar-refractivity contribution >= 4 is 45.2 Å². The van der Waals surface area contributed by atoms with Crippen LogP contribution >= 0.6 is 23.1 Å². The Morgan fingerprint density at radius 3 is 2.75 bits per heavy atom. The summed E-state index contributed by atoms with van der Waals surface area (Å²) >= 11 is 2.64. The van der Waals surface area contributed by atoms with Crippen LogP contribution in [0.15, 0.2) is 45.7 Å². The number of hydrogen-bond donors (Lipinski definition) is 0. The van der Waals surface area contributed by atoms with Gasteiger partial charge in [-0.1, -0.05) is 23.9 Å². The summed E-state index contributed by atoms with van der Waals surface area (Å²) in [5.74, 6) is -0.157. The molecule has 168 valence electrons. The lowest BCUT2D eigenvalue weighted by molar-refractivity contribution is -0.151. The van der Waals surface area contributed by atoms with E-state index < -0.39 is 0 Å². The summed E-state index contributed by atoms with van der Waals surface area (Å²) in [6, 6.07) is 9.52. The molecule has 1 amide bonds.